The molecule has 4 heteroatoms. The third-order valence-electron chi connectivity index (χ3n) is 2.67. The van der Waals surface area contributed by atoms with Gasteiger partial charge in [-0.2, -0.15) is 0 Å². The van der Waals surface area contributed by atoms with Crippen molar-refractivity contribution in [2.45, 2.75) is 19.0 Å². The lowest BCUT2D eigenvalue weighted by Crippen LogP contribution is -2.20. The first-order valence-electron chi connectivity index (χ1n) is 4.68. The maximum atomic E-state index is 9.30. The smallest absolute Gasteiger partial charge is 0.117 e. The zero-order valence-corrected chi connectivity index (χ0v) is 7.64. The van der Waals surface area contributed by atoms with E-state index in [1.54, 1.807) is 12.1 Å². The molecule has 72 valence electrons. The highest BCUT2D eigenvalue weighted by atomic mass is 16.3. The third-order valence-corrected chi connectivity index (χ3v) is 2.67. The molecule has 4 nitrogen and oxygen atoms in total. The van der Waals surface area contributed by atoms with E-state index in [-0.39, 0.29) is 11.8 Å². The van der Waals surface area contributed by atoms with Crippen LogP contribution in [0.15, 0.2) is 18.2 Å². The molecule has 2 aromatic rings. The molecule has 3 rings (SSSR count). The van der Waals surface area contributed by atoms with Crippen molar-refractivity contribution < 1.29 is 5.11 Å². The number of aromatic nitrogens is 2. The van der Waals surface area contributed by atoms with Gasteiger partial charge in [0.15, 0.2) is 0 Å². The largest absolute Gasteiger partial charge is 0.508 e. The van der Waals surface area contributed by atoms with E-state index in [9.17, 15) is 5.11 Å². The quantitative estimate of drug-likeness (QED) is 0.638. The minimum atomic E-state index is 0.190. The van der Waals surface area contributed by atoms with Gasteiger partial charge in [-0.05, 0) is 12.1 Å². The van der Waals surface area contributed by atoms with Crippen molar-refractivity contribution in [3.63, 3.8) is 0 Å². The summed E-state index contributed by atoms with van der Waals surface area (Å²) in [5.74, 6) is 1.29. The van der Waals surface area contributed by atoms with Crippen LogP contribution in [0.2, 0.25) is 0 Å². The molecule has 0 saturated carbocycles. The van der Waals surface area contributed by atoms with Crippen molar-refractivity contribution in [1.29, 1.82) is 0 Å². The number of rotatable bonds is 0. The number of imidazole rings is 1. The topological polar surface area (TPSA) is 64.1 Å². The van der Waals surface area contributed by atoms with Gasteiger partial charge in [-0.15, -0.1) is 0 Å². The highest BCUT2D eigenvalue weighted by Gasteiger charge is 2.21. The minimum absolute atomic E-state index is 0.190. The van der Waals surface area contributed by atoms with Gasteiger partial charge in [0, 0.05) is 25.1 Å². The first-order chi connectivity index (χ1) is 6.74. The summed E-state index contributed by atoms with van der Waals surface area (Å²) in [5.41, 5.74) is 7.75. The fourth-order valence-electron chi connectivity index (χ4n) is 2.06. The SMILES string of the molecule is NC1Cc2nc3cc(O)ccc3n2C1. The Labute approximate surface area is 81.0 Å². The number of phenols is 1. The molecule has 1 aromatic heterocycles. The molecule has 0 bridgehead atoms. The van der Waals surface area contributed by atoms with Gasteiger partial charge in [0.1, 0.15) is 11.6 Å². The van der Waals surface area contributed by atoms with Gasteiger partial charge in [-0.25, -0.2) is 4.98 Å². The molecule has 1 unspecified atom stereocenters. The van der Waals surface area contributed by atoms with E-state index < -0.39 is 0 Å². The predicted octanol–water partition coefficient (Wildman–Crippen LogP) is 0.625. The van der Waals surface area contributed by atoms with Gasteiger partial charge in [-0.1, -0.05) is 0 Å². The van der Waals surface area contributed by atoms with Crippen LogP contribution in [-0.2, 0) is 13.0 Å². The van der Waals surface area contributed by atoms with Crippen LogP contribution in [0.3, 0.4) is 0 Å². The average Bonchev–Trinajstić information content (AvgIpc) is 2.59. The van der Waals surface area contributed by atoms with E-state index in [1.807, 2.05) is 6.07 Å². The number of aromatic hydroxyl groups is 1. The van der Waals surface area contributed by atoms with Crippen LogP contribution in [0.5, 0.6) is 5.75 Å². The molecule has 1 aromatic carbocycles. The molecule has 3 N–H and O–H groups in total. The predicted molar refractivity (Wildman–Crippen MR) is 53.1 cm³/mol. The first kappa shape index (κ1) is 7.82. The second-order valence-electron chi connectivity index (χ2n) is 3.78. The lowest BCUT2D eigenvalue weighted by molar-refractivity contribution is 0.476. The summed E-state index contributed by atoms with van der Waals surface area (Å²) in [5, 5.41) is 9.30. The van der Waals surface area contributed by atoms with Crippen LogP contribution in [0.25, 0.3) is 11.0 Å². The fourth-order valence-corrected chi connectivity index (χ4v) is 2.06. The molecule has 0 amide bonds. The summed E-state index contributed by atoms with van der Waals surface area (Å²) in [6, 6.07) is 5.45. The number of benzene rings is 1. The van der Waals surface area contributed by atoms with E-state index in [0.717, 1.165) is 29.8 Å². The number of hydrogen-bond donors (Lipinski definition) is 2. The first-order valence-corrected chi connectivity index (χ1v) is 4.68. The minimum Gasteiger partial charge on any atom is -0.508 e. The van der Waals surface area contributed by atoms with Crippen LogP contribution in [-0.4, -0.2) is 20.7 Å². The van der Waals surface area contributed by atoms with Crippen molar-refractivity contribution in [2.24, 2.45) is 5.73 Å². The van der Waals surface area contributed by atoms with E-state index in [2.05, 4.69) is 9.55 Å². The Bertz CT molecular complexity index is 503. The van der Waals surface area contributed by atoms with Gasteiger partial charge >= 0.3 is 0 Å². The molecule has 0 fully saturated rings. The molecule has 1 aliphatic rings. The third kappa shape index (κ3) is 0.943. The molecule has 1 aliphatic heterocycles. The highest BCUT2D eigenvalue weighted by Crippen LogP contribution is 2.24. The Morgan fingerprint density at radius 2 is 2.36 bits per heavy atom. The Kier molecular flexibility index (Phi) is 1.39. The van der Waals surface area contributed by atoms with Crippen LogP contribution in [0.1, 0.15) is 5.82 Å². The summed E-state index contributed by atoms with van der Waals surface area (Å²) >= 11 is 0. The molecule has 0 spiro atoms. The number of fused-ring (bicyclic) bond motifs is 3. The van der Waals surface area contributed by atoms with E-state index in [4.69, 9.17) is 5.73 Å². The van der Waals surface area contributed by atoms with Crippen molar-refractivity contribution in [2.75, 3.05) is 0 Å². The van der Waals surface area contributed by atoms with Crippen molar-refractivity contribution >= 4 is 11.0 Å². The molecule has 0 saturated heterocycles. The highest BCUT2D eigenvalue weighted by molar-refractivity contribution is 5.78. The monoisotopic (exact) mass is 189 g/mol. The van der Waals surface area contributed by atoms with Gasteiger partial charge in [0.05, 0.1) is 11.0 Å². The van der Waals surface area contributed by atoms with Crippen LogP contribution >= 0.6 is 0 Å². The molecule has 2 heterocycles. The number of phenolic OH excluding ortho intramolecular Hbond substituents is 1. The van der Waals surface area contributed by atoms with Crippen molar-refractivity contribution in [3.05, 3.63) is 24.0 Å². The van der Waals surface area contributed by atoms with Crippen LogP contribution < -0.4 is 5.73 Å². The standard InChI is InChI=1S/C10H11N3O/c11-6-3-10-12-8-4-7(14)1-2-9(8)13(10)5-6/h1-2,4,6,14H,3,5,11H2. The Balaban J connectivity index is 2.28. The number of nitrogens with two attached hydrogens (primary N) is 1. The zero-order valence-electron chi connectivity index (χ0n) is 7.64. The summed E-state index contributed by atoms with van der Waals surface area (Å²) in [6.45, 7) is 0.830. The molecular weight excluding hydrogens is 178 g/mol. The normalized spacial score (nSPS) is 20.2. The Morgan fingerprint density at radius 3 is 3.21 bits per heavy atom. The van der Waals surface area contributed by atoms with Gasteiger partial charge in [0.25, 0.3) is 0 Å². The lowest BCUT2D eigenvalue weighted by Gasteiger charge is -2.01. The summed E-state index contributed by atoms with van der Waals surface area (Å²) in [6.07, 6.45) is 0.829. The summed E-state index contributed by atoms with van der Waals surface area (Å²) in [4.78, 5) is 4.43. The molecule has 1 atom stereocenters. The Hall–Kier alpha value is -1.55. The number of nitrogens with zero attached hydrogens (tertiary/aromatic N) is 2. The molecule has 0 aliphatic carbocycles. The summed E-state index contributed by atoms with van der Waals surface area (Å²) < 4.78 is 2.12. The van der Waals surface area contributed by atoms with E-state index >= 15 is 0 Å². The van der Waals surface area contributed by atoms with Crippen LogP contribution in [0.4, 0.5) is 0 Å². The van der Waals surface area contributed by atoms with Gasteiger partial charge < -0.3 is 15.4 Å². The second kappa shape index (κ2) is 2.48. The molecule has 0 radical (unpaired) electrons. The molecular formula is C10H11N3O. The zero-order chi connectivity index (χ0) is 9.71. The maximum absolute atomic E-state index is 9.30. The van der Waals surface area contributed by atoms with Gasteiger partial charge in [-0.3, -0.25) is 0 Å². The van der Waals surface area contributed by atoms with E-state index in [0.29, 0.717) is 0 Å². The van der Waals surface area contributed by atoms with Crippen molar-refractivity contribution in [1.82, 2.24) is 9.55 Å². The molecule has 14 heavy (non-hydrogen) atoms. The van der Waals surface area contributed by atoms with E-state index in [1.165, 1.54) is 0 Å². The van der Waals surface area contributed by atoms with Crippen molar-refractivity contribution in [3.8, 4) is 5.75 Å². The fraction of sp³-hybridized carbons (Fsp3) is 0.300. The summed E-state index contributed by atoms with van der Waals surface area (Å²) in [7, 11) is 0. The van der Waals surface area contributed by atoms with Gasteiger partial charge in [0.2, 0.25) is 0 Å². The average molecular weight is 189 g/mol. The lowest BCUT2D eigenvalue weighted by atomic mass is 10.2. The Morgan fingerprint density at radius 1 is 1.50 bits per heavy atom. The second-order valence-corrected chi connectivity index (χ2v) is 3.78. The van der Waals surface area contributed by atoms with Crippen LogP contribution in [0, 0.1) is 0 Å². The number of hydrogen-bond acceptors (Lipinski definition) is 3. The maximum Gasteiger partial charge on any atom is 0.117 e.